The first kappa shape index (κ1) is 24.6. The maximum atomic E-state index is 12.4. The predicted molar refractivity (Wildman–Crippen MR) is 123 cm³/mol. The van der Waals surface area contributed by atoms with Crippen molar-refractivity contribution >= 4 is 23.6 Å². The molecule has 10 nitrogen and oxygen atoms in total. The van der Waals surface area contributed by atoms with Crippen molar-refractivity contribution in [3.63, 3.8) is 0 Å². The second kappa shape index (κ2) is 11.7. The fourth-order valence-corrected chi connectivity index (χ4v) is 3.69. The van der Waals surface area contributed by atoms with Gasteiger partial charge in [0.2, 0.25) is 11.8 Å². The van der Waals surface area contributed by atoms with Gasteiger partial charge in [-0.25, -0.2) is 0 Å². The second-order valence-corrected chi connectivity index (χ2v) is 7.89. The van der Waals surface area contributed by atoms with Crippen LogP contribution in [0, 0.1) is 11.8 Å². The molecule has 0 aromatic heterocycles. The third kappa shape index (κ3) is 6.47. The summed E-state index contributed by atoms with van der Waals surface area (Å²) in [6.45, 7) is 0. The zero-order chi connectivity index (χ0) is 24.5. The lowest BCUT2D eigenvalue weighted by atomic mass is 9.81. The number of amides is 4. The number of carbonyl (C=O) groups excluding carboxylic acids is 4. The number of hydrazine groups is 2. The number of benzene rings is 2. The summed E-state index contributed by atoms with van der Waals surface area (Å²) < 4.78 is 10.1. The zero-order valence-corrected chi connectivity index (χ0v) is 19.1. The van der Waals surface area contributed by atoms with Crippen LogP contribution in [0.4, 0.5) is 0 Å². The molecule has 0 radical (unpaired) electrons. The Hall–Kier alpha value is -4.08. The lowest BCUT2D eigenvalue weighted by molar-refractivity contribution is -0.131. The maximum Gasteiger partial charge on any atom is 0.269 e. The maximum absolute atomic E-state index is 12.4. The molecule has 0 unspecified atom stereocenters. The van der Waals surface area contributed by atoms with Gasteiger partial charge in [0.15, 0.2) is 0 Å². The molecule has 4 amide bonds. The lowest BCUT2D eigenvalue weighted by Crippen LogP contribution is -2.47. The van der Waals surface area contributed by atoms with Gasteiger partial charge in [0.25, 0.3) is 11.8 Å². The molecule has 2 aromatic carbocycles. The first-order valence-electron chi connectivity index (χ1n) is 10.9. The van der Waals surface area contributed by atoms with Crippen molar-refractivity contribution in [1.29, 1.82) is 0 Å². The number of nitrogens with one attached hydrogen (secondary N) is 4. The van der Waals surface area contributed by atoms with Crippen LogP contribution in [0.5, 0.6) is 11.5 Å². The minimum atomic E-state index is -0.434. The number of carbonyl (C=O) groups is 4. The summed E-state index contributed by atoms with van der Waals surface area (Å²) in [4.78, 5) is 49.2. The molecule has 0 spiro atoms. The standard InChI is InChI=1S/C24H28N4O6/c1-33-19-11-7-17(8-12-19)23(31)27-25-21(29)15-3-5-16(6-4-15)22(30)26-28-24(32)18-9-13-20(34-2)14-10-18/h7-16H,3-6H2,1-2H3,(H,25,29)(H,26,30)(H,27,31)(H,28,32). The number of hydrogen-bond donors (Lipinski definition) is 4. The average Bonchev–Trinajstić information content (AvgIpc) is 2.90. The molecular weight excluding hydrogens is 440 g/mol. The van der Waals surface area contributed by atoms with Crippen molar-refractivity contribution in [2.75, 3.05) is 14.2 Å². The third-order valence-electron chi connectivity index (χ3n) is 5.77. The molecule has 4 N–H and O–H groups in total. The van der Waals surface area contributed by atoms with Gasteiger partial charge in [-0.3, -0.25) is 40.9 Å². The van der Waals surface area contributed by atoms with Gasteiger partial charge in [-0.15, -0.1) is 0 Å². The molecule has 0 aliphatic heterocycles. The van der Waals surface area contributed by atoms with Gasteiger partial charge in [-0.2, -0.15) is 0 Å². The fourth-order valence-electron chi connectivity index (χ4n) is 3.69. The molecule has 2 aromatic rings. The SMILES string of the molecule is COc1ccc(C(=O)NNC(=O)C2CCC(C(=O)NNC(=O)c3ccc(OC)cc3)CC2)cc1. The highest BCUT2D eigenvalue weighted by atomic mass is 16.5. The number of rotatable bonds is 6. The Labute approximate surface area is 197 Å². The fraction of sp³-hybridized carbons (Fsp3) is 0.333. The van der Waals surface area contributed by atoms with Crippen LogP contribution in [0.2, 0.25) is 0 Å². The summed E-state index contributed by atoms with van der Waals surface area (Å²) in [7, 11) is 3.07. The summed E-state index contributed by atoms with van der Waals surface area (Å²) in [6.07, 6.45) is 1.98. The van der Waals surface area contributed by atoms with E-state index >= 15 is 0 Å². The van der Waals surface area contributed by atoms with Crippen molar-refractivity contribution in [2.24, 2.45) is 11.8 Å². The van der Waals surface area contributed by atoms with E-state index in [0.29, 0.717) is 48.3 Å². The van der Waals surface area contributed by atoms with E-state index in [-0.39, 0.29) is 23.7 Å². The quantitative estimate of drug-likeness (QED) is 0.477. The Balaban J connectivity index is 1.38. The van der Waals surface area contributed by atoms with Gasteiger partial charge in [0, 0.05) is 23.0 Å². The average molecular weight is 469 g/mol. The Morgan fingerprint density at radius 1 is 0.588 bits per heavy atom. The summed E-state index contributed by atoms with van der Waals surface area (Å²) in [5, 5.41) is 0. The van der Waals surface area contributed by atoms with Gasteiger partial charge in [-0.05, 0) is 74.2 Å². The van der Waals surface area contributed by atoms with Crippen molar-refractivity contribution in [1.82, 2.24) is 21.7 Å². The molecule has 3 rings (SSSR count). The van der Waals surface area contributed by atoms with E-state index in [1.54, 1.807) is 48.5 Å². The van der Waals surface area contributed by atoms with Gasteiger partial charge in [0.05, 0.1) is 14.2 Å². The van der Waals surface area contributed by atoms with Gasteiger partial charge in [0.1, 0.15) is 11.5 Å². The lowest BCUT2D eigenvalue weighted by Gasteiger charge is -2.27. The Morgan fingerprint density at radius 3 is 1.21 bits per heavy atom. The Bertz CT molecular complexity index is 931. The van der Waals surface area contributed by atoms with Crippen LogP contribution in [0.25, 0.3) is 0 Å². The van der Waals surface area contributed by atoms with Gasteiger partial charge < -0.3 is 9.47 Å². The normalized spacial score (nSPS) is 17.1. The summed E-state index contributed by atoms with van der Waals surface area (Å²) in [5.41, 5.74) is 10.5. The van der Waals surface area contributed by atoms with E-state index in [1.165, 1.54) is 14.2 Å². The van der Waals surface area contributed by atoms with Crippen LogP contribution in [-0.2, 0) is 9.59 Å². The molecule has 1 aliphatic carbocycles. The molecule has 0 atom stereocenters. The van der Waals surface area contributed by atoms with Crippen LogP contribution in [0.1, 0.15) is 46.4 Å². The van der Waals surface area contributed by atoms with Crippen LogP contribution in [0.15, 0.2) is 48.5 Å². The van der Waals surface area contributed by atoms with Crippen LogP contribution < -0.4 is 31.2 Å². The van der Waals surface area contributed by atoms with Crippen LogP contribution in [0.3, 0.4) is 0 Å². The Kier molecular flexibility index (Phi) is 8.44. The van der Waals surface area contributed by atoms with Crippen LogP contribution in [-0.4, -0.2) is 37.8 Å². The highest BCUT2D eigenvalue weighted by Gasteiger charge is 2.30. The van der Waals surface area contributed by atoms with E-state index in [0.717, 1.165) is 0 Å². The largest absolute Gasteiger partial charge is 0.497 e. The van der Waals surface area contributed by atoms with Crippen molar-refractivity contribution in [3.8, 4) is 11.5 Å². The first-order valence-corrected chi connectivity index (χ1v) is 10.9. The monoisotopic (exact) mass is 468 g/mol. The summed E-state index contributed by atoms with van der Waals surface area (Å²) in [5.74, 6) is -0.832. The predicted octanol–water partition coefficient (Wildman–Crippen LogP) is 1.73. The van der Waals surface area contributed by atoms with Gasteiger partial charge in [-0.1, -0.05) is 0 Å². The molecular formula is C24H28N4O6. The van der Waals surface area contributed by atoms with E-state index in [9.17, 15) is 19.2 Å². The molecule has 180 valence electrons. The number of ether oxygens (including phenoxy) is 2. The molecule has 34 heavy (non-hydrogen) atoms. The molecule has 10 heteroatoms. The Morgan fingerprint density at radius 2 is 0.912 bits per heavy atom. The van der Waals surface area contributed by atoms with Gasteiger partial charge >= 0.3 is 0 Å². The smallest absolute Gasteiger partial charge is 0.269 e. The molecule has 0 heterocycles. The van der Waals surface area contributed by atoms with Crippen LogP contribution >= 0.6 is 0 Å². The minimum absolute atomic E-state index is 0.298. The summed E-state index contributed by atoms with van der Waals surface area (Å²) >= 11 is 0. The van der Waals surface area contributed by atoms with E-state index in [2.05, 4.69) is 21.7 Å². The molecule has 1 aliphatic rings. The highest BCUT2D eigenvalue weighted by molar-refractivity contribution is 5.96. The van der Waals surface area contributed by atoms with Crippen molar-refractivity contribution in [2.45, 2.75) is 25.7 Å². The second-order valence-electron chi connectivity index (χ2n) is 7.89. The molecule has 1 saturated carbocycles. The molecule has 1 fully saturated rings. The zero-order valence-electron chi connectivity index (χ0n) is 19.1. The third-order valence-corrected chi connectivity index (χ3v) is 5.77. The highest BCUT2D eigenvalue weighted by Crippen LogP contribution is 2.29. The van der Waals surface area contributed by atoms with E-state index in [1.807, 2.05) is 0 Å². The molecule has 0 saturated heterocycles. The van der Waals surface area contributed by atoms with E-state index in [4.69, 9.17) is 9.47 Å². The first-order chi connectivity index (χ1) is 16.4. The topological polar surface area (TPSA) is 135 Å². The summed E-state index contributed by atoms with van der Waals surface area (Å²) in [6, 6.07) is 13.0. The number of hydrogen-bond acceptors (Lipinski definition) is 6. The van der Waals surface area contributed by atoms with E-state index < -0.39 is 11.8 Å². The number of methoxy groups -OCH3 is 2. The minimum Gasteiger partial charge on any atom is -0.497 e. The molecule has 0 bridgehead atoms. The van der Waals surface area contributed by atoms with Crippen molar-refractivity contribution in [3.05, 3.63) is 59.7 Å². The van der Waals surface area contributed by atoms with Crippen molar-refractivity contribution < 1.29 is 28.7 Å².